The van der Waals surface area contributed by atoms with Crippen molar-refractivity contribution in [1.29, 1.82) is 0 Å². The second-order valence-electron chi connectivity index (χ2n) is 6.40. The number of rotatable bonds is 7. The minimum atomic E-state index is -0.781. The molecule has 1 aromatic rings. The Hall–Kier alpha value is -1.79. The maximum absolute atomic E-state index is 12.5. The van der Waals surface area contributed by atoms with Gasteiger partial charge < -0.3 is 19.9 Å². The van der Waals surface area contributed by atoms with Gasteiger partial charge in [-0.15, -0.1) is 0 Å². The Morgan fingerprint density at radius 1 is 1.28 bits per heavy atom. The predicted octanol–water partition coefficient (Wildman–Crippen LogP) is 3.58. The molecule has 1 atom stereocenters. The van der Waals surface area contributed by atoms with Crippen molar-refractivity contribution in [3.8, 4) is 5.75 Å². The molecular formula is C18H24ClNO5. The van der Waals surface area contributed by atoms with Gasteiger partial charge in [-0.2, -0.15) is 0 Å². The summed E-state index contributed by atoms with van der Waals surface area (Å²) >= 11 is 6.04. The van der Waals surface area contributed by atoms with Crippen LogP contribution in [-0.2, 0) is 14.3 Å². The van der Waals surface area contributed by atoms with E-state index in [2.05, 4.69) is 5.32 Å². The quantitative estimate of drug-likeness (QED) is 0.767. The fourth-order valence-electron chi connectivity index (χ4n) is 3.03. The van der Waals surface area contributed by atoms with Crippen LogP contribution in [0.15, 0.2) is 18.2 Å². The lowest BCUT2D eigenvalue weighted by atomic mass is 9.81. The number of amides is 1. The van der Waals surface area contributed by atoms with Crippen molar-refractivity contribution in [2.45, 2.75) is 38.7 Å². The van der Waals surface area contributed by atoms with Crippen LogP contribution in [0.2, 0.25) is 5.02 Å². The van der Waals surface area contributed by atoms with Crippen molar-refractivity contribution in [3.63, 3.8) is 0 Å². The van der Waals surface area contributed by atoms with Gasteiger partial charge in [-0.1, -0.05) is 11.6 Å². The van der Waals surface area contributed by atoms with Crippen LogP contribution in [0.25, 0.3) is 0 Å². The van der Waals surface area contributed by atoms with Crippen LogP contribution in [0.4, 0.5) is 5.69 Å². The standard InChI is InChI=1S/C18H24ClNO5/c1-11(10-24-2)25-16-8-7-14(19)9-15(16)20-17(21)12-3-5-13(6-4-12)18(22)23/h7-9,11-13H,3-6,10H2,1-2H3,(H,20,21)(H,22,23). The van der Waals surface area contributed by atoms with E-state index in [4.69, 9.17) is 26.2 Å². The molecule has 1 amide bonds. The molecule has 25 heavy (non-hydrogen) atoms. The van der Waals surface area contributed by atoms with E-state index < -0.39 is 5.97 Å². The van der Waals surface area contributed by atoms with Gasteiger partial charge in [-0.05, 0) is 50.8 Å². The molecule has 1 aliphatic carbocycles. The summed E-state index contributed by atoms with van der Waals surface area (Å²) in [5.41, 5.74) is 0.515. The molecule has 138 valence electrons. The van der Waals surface area contributed by atoms with Gasteiger partial charge in [0.1, 0.15) is 11.9 Å². The normalized spacial score (nSPS) is 21.4. The van der Waals surface area contributed by atoms with Crippen LogP contribution in [-0.4, -0.2) is 36.8 Å². The van der Waals surface area contributed by atoms with E-state index in [9.17, 15) is 9.59 Å². The van der Waals surface area contributed by atoms with E-state index in [0.717, 1.165) is 0 Å². The number of nitrogens with one attached hydrogen (secondary N) is 1. The largest absolute Gasteiger partial charge is 0.486 e. The first-order chi connectivity index (χ1) is 11.9. The fourth-order valence-corrected chi connectivity index (χ4v) is 3.20. The van der Waals surface area contributed by atoms with Gasteiger partial charge in [0.05, 0.1) is 18.2 Å². The topological polar surface area (TPSA) is 84.9 Å². The highest BCUT2D eigenvalue weighted by atomic mass is 35.5. The molecule has 1 saturated carbocycles. The van der Waals surface area contributed by atoms with Gasteiger partial charge in [-0.25, -0.2) is 0 Å². The molecule has 0 aliphatic heterocycles. The first kappa shape index (κ1) is 19.5. The number of methoxy groups -OCH3 is 1. The number of carboxylic acids is 1. The van der Waals surface area contributed by atoms with E-state index in [0.29, 0.717) is 48.7 Å². The number of carbonyl (C=O) groups is 2. The Morgan fingerprint density at radius 2 is 1.92 bits per heavy atom. The molecule has 0 saturated heterocycles. The highest BCUT2D eigenvalue weighted by molar-refractivity contribution is 6.31. The van der Waals surface area contributed by atoms with Gasteiger partial charge in [-0.3, -0.25) is 9.59 Å². The lowest BCUT2D eigenvalue weighted by molar-refractivity contribution is -0.143. The molecule has 1 fully saturated rings. The zero-order valence-electron chi connectivity index (χ0n) is 14.5. The van der Waals surface area contributed by atoms with Gasteiger partial charge in [0.2, 0.25) is 5.91 Å². The zero-order valence-corrected chi connectivity index (χ0v) is 15.2. The van der Waals surface area contributed by atoms with Gasteiger partial charge in [0.25, 0.3) is 0 Å². The zero-order chi connectivity index (χ0) is 18.4. The number of hydrogen-bond donors (Lipinski definition) is 2. The molecule has 1 unspecified atom stereocenters. The SMILES string of the molecule is COCC(C)Oc1ccc(Cl)cc1NC(=O)C1CCC(C(=O)O)CC1. The first-order valence-electron chi connectivity index (χ1n) is 8.39. The van der Waals surface area contributed by atoms with Crippen LogP contribution in [0.3, 0.4) is 0 Å². The Labute approximate surface area is 152 Å². The lowest BCUT2D eigenvalue weighted by Gasteiger charge is -2.25. The monoisotopic (exact) mass is 369 g/mol. The van der Waals surface area contributed by atoms with Crippen LogP contribution in [0.5, 0.6) is 5.75 Å². The Kier molecular flexibility index (Phi) is 7.08. The van der Waals surface area contributed by atoms with E-state index in [1.807, 2.05) is 6.92 Å². The first-order valence-corrected chi connectivity index (χ1v) is 8.77. The third kappa shape index (κ3) is 5.61. The minimum Gasteiger partial charge on any atom is -0.486 e. The highest BCUT2D eigenvalue weighted by Gasteiger charge is 2.30. The van der Waals surface area contributed by atoms with Gasteiger partial charge in [0.15, 0.2) is 0 Å². The van der Waals surface area contributed by atoms with E-state index in [-0.39, 0.29) is 23.8 Å². The number of hydrogen-bond acceptors (Lipinski definition) is 4. The second kappa shape index (κ2) is 9.06. The van der Waals surface area contributed by atoms with Crippen molar-refractivity contribution >= 4 is 29.2 Å². The Bertz CT molecular complexity index is 613. The smallest absolute Gasteiger partial charge is 0.306 e. The molecule has 1 aliphatic rings. The fraction of sp³-hybridized carbons (Fsp3) is 0.556. The molecule has 1 aromatic carbocycles. The number of carbonyl (C=O) groups excluding carboxylic acids is 1. The predicted molar refractivity (Wildman–Crippen MR) is 95.1 cm³/mol. The Balaban J connectivity index is 2.02. The van der Waals surface area contributed by atoms with E-state index in [1.165, 1.54) is 0 Å². The molecule has 2 rings (SSSR count). The summed E-state index contributed by atoms with van der Waals surface area (Å²) in [5, 5.41) is 12.4. The summed E-state index contributed by atoms with van der Waals surface area (Å²) in [6, 6.07) is 5.06. The number of benzene rings is 1. The van der Waals surface area contributed by atoms with Crippen LogP contribution >= 0.6 is 11.6 Å². The van der Waals surface area contributed by atoms with Crippen molar-refractivity contribution in [2.24, 2.45) is 11.8 Å². The number of carboxylic acid groups (broad SMARTS) is 1. The average Bonchev–Trinajstić information content (AvgIpc) is 2.57. The molecule has 0 heterocycles. The minimum absolute atomic E-state index is 0.129. The summed E-state index contributed by atoms with van der Waals surface area (Å²) in [4.78, 5) is 23.6. The maximum atomic E-state index is 12.5. The van der Waals surface area contributed by atoms with Crippen LogP contribution < -0.4 is 10.1 Å². The van der Waals surface area contributed by atoms with Crippen molar-refractivity contribution in [2.75, 3.05) is 19.0 Å². The molecule has 6 nitrogen and oxygen atoms in total. The molecule has 2 N–H and O–H groups in total. The summed E-state index contributed by atoms with van der Waals surface area (Å²) in [6.45, 7) is 2.30. The number of anilines is 1. The van der Waals surface area contributed by atoms with Crippen molar-refractivity contribution in [1.82, 2.24) is 0 Å². The number of aliphatic carboxylic acids is 1. The van der Waals surface area contributed by atoms with Crippen molar-refractivity contribution < 1.29 is 24.2 Å². The molecule has 0 spiro atoms. The third-order valence-corrected chi connectivity index (χ3v) is 4.61. The molecule has 0 radical (unpaired) electrons. The summed E-state index contributed by atoms with van der Waals surface area (Å²) in [7, 11) is 1.60. The summed E-state index contributed by atoms with van der Waals surface area (Å²) in [5.74, 6) is -0.920. The van der Waals surface area contributed by atoms with Crippen LogP contribution in [0, 0.1) is 11.8 Å². The summed E-state index contributed by atoms with van der Waals surface area (Å²) < 4.78 is 10.9. The van der Waals surface area contributed by atoms with E-state index in [1.54, 1.807) is 25.3 Å². The third-order valence-electron chi connectivity index (χ3n) is 4.38. The van der Waals surface area contributed by atoms with E-state index >= 15 is 0 Å². The lowest BCUT2D eigenvalue weighted by Crippen LogP contribution is -2.29. The van der Waals surface area contributed by atoms with Crippen LogP contribution in [0.1, 0.15) is 32.6 Å². The number of halogens is 1. The summed E-state index contributed by atoms with van der Waals surface area (Å²) in [6.07, 6.45) is 2.01. The van der Waals surface area contributed by atoms with Gasteiger partial charge in [0, 0.05) is 18.1 Å². The van der Waals surface area contributed by atoms with Gasteiger partial charge >= 0.3 is 5.97 Å². The highest BCUT2D eigenvalue weighted by Crippen LogP contribution is 2.33. The average molecular weight is 370 g/mol. The van der Waals surface area contributed by atoms with Crippen molar-refractivity contribution in [3.05, 3.63) is 23.2 Å². The Morgan fingerprint density at radius 3 is 2.52 bits per heavy atom. The molecular weight excluding hydrogens is 346 g/mol. The molecule has 0 bridgehead atoms. The number of ether oxygens (including phenoxy) is 2. The second-order valence-corrected chi connectivity index (χ2v) is 6.84. The maximum Gasteiger partial charge on any atom is 0.306 e. The molecule has 7 heteroatoms. The molecule has 0 aromatic heterocycles.